The Morgan fingerprint density at radius 1 is 1.57 bits per heavy atom. The second-order valence-corrected chi connectivity index (χ2v) is 7.12. The lowest BCUT2D eigenvalue weighted by Crippen LogP contribution is -2.41. The van der Waals surface area contributed by atoms with Gasteiger partial charge in [0, 0.05) is 24.3 Å². The van der Waals surface area contributed by atoms with Crippen molar-refractivity contribution >= 4 is 17.4 Å². The van der Waals surface area contributed by atoms with Crippen molar-refractivity contribution in [1.82, 2.24) is 20.4 Å². The molecule has 0 radical (unpaired) electrons. The molecule has 1 aliphatic rings. The molecule has 0 aromatic carbocycles. The number of aromatic nitrogens is 2. The molecule has 5 nitrogen and oxygen atoms in total. The average Bonchev–Trinajstić information content (AvgIpc) is 3.25. The van der Waals surface area contributed by atoms with Crippen molar-refractivity contribution in [2.45, 2.75) is 45.6 Å². The van der Waals surface area contributed by atoms with Crippen LogP contribution in [0, 0.1) is 13.8 Å². The molecule has 2 atom stereocenters. The van der Waals surface area contributed by atoms with Crippen molar-refractivity contribution in [2.24, 2.45) is 0 Å². The number of hydrogen-bond donors (Lipinski definition) is 2. The van der Waals surface area contributed by atoms with Crippen LogP contribution in [0.25, 0.3) is 0 Å². The summed E-state index contributed by atoms with van der Waals surface area (Å²) in [6.07, 6.45) is 2.05. The smallest absolute Gasteiger partial charge is 0.317 e. The third-order valence-corrected chi connectivity index (χ3v) is 5.41. The number of nitrogens with zero attached hydrogens (tertiary/aromatic N) is 2. The molecule has 1 aliphatic heterocycles. The maximum absolute atomic E-state index is 12.6. The quantitative estimate of drug-likeness (QED) is 0.896. The topological polar surface area (TPSA) is 61.0 Å². The van der Waals surface area contributed by atoms with Crippen LogP contribution in [-0.2, 0) is 0 Å². The van der Waals surface area contributed by atoms with Gasteiger partial charge in [-0.15, -0.1) is 0 Å². The lowest BCUT2D eigenvalue weighted by Gasteiger charge is -2.26. The molecule has 124 valence electrons. The van der Waals surface area contributed by atoms with E-state index in [2.05, 4.69) is 39.3 Å². The number of carbonyl (C=O) groups is 1. The summed E-state index contributed by atoms with van der Waals surface area (Å²) in [7, 11) is 0. The van der Waals surface area contributed by atoms with Crippen molar-refractivity contribution < 1.29 is 4.79 Å². The van der Waals surface area contributed by atoms with E-state index in [1.165, 1.54) is 11.1 Å². The van der Waals surface area contributed by atoms with Crippen LogP contribution in [0.4, 0.5) is 4.79 Å². The Balaban J connectivity index is 1.64. The molecule has 1 fully saturated rings. The van der Waals surface area contributed by atoms with Gasteiger partial charge in [-0.1, -0.05) is 6.92 Å². The Hall–Kier alpha value is -1.82. The van der Waals surface area contributed by atoms with Crippen molar-refractivity contribution in [1.29, 1.82) is 0 Å². The van der Waals surface area contributed by atoms with Gasteiger partial charge in [-0.05, 0) is 55.0 Å². The number of thiophene rings is 1. The highest BCUT2D eigenvalue weighted by Gasteiger charge is 2.33. The largest absolute Gasteiger partial charge is 0.337 e. The molecule has 2 amide bonds. The molecule has 0 saturated carbocycles. The monoisotopic (exact) mass is 332 g/mol. The Morgan fingerprint density at radius 2 is 2.39 bits per heavy atom. The van der Waals surface area contributed by atoms with Gasteiger partial charge in [0.2, 0.25) is 0 Å². The number of rotatable bonds is 4. The van der Waals surface area contributed by atoms with Gasteiger partial charge in [0.25, 0.3) is 0 Å². The van der Waals surface area contributed by atoms with E-state index in [9.17, 15) is 4.79 Å². The Labute approximate surface area is 141 Å². The van der Waals surface area contributed by atoms with Crippen LogP contribution in [0.3, 0.4) is 0 Å². The Kier molecular flexibility index (Phi) is 4.71. The van der Waals surface area contributed by atoms with E-state index in [0.29, 0.717) is 12.5 Å². The zero-order chi connectivity index (χ0) is 16.4. The summed E-state index contributed by atoms with van der Waals surface area (Å²) in [6, 6.07) is 2.30. The SMILES string of the molecule is Cc1n[nH]c(C)c1C1CCCN1C(=O)NCC(C)c1ccsc1. The number of urea groups is 1. The number of H-pyrrole nitrogens is 1. The summed E-state index contributed by atoms with van der Waals surface area (Å²) >= 11 is 1.70. The van der Waals surface area contributed by atoms with Gasteiger partial charge in [-0.25, -0.2) is 4.79 Å². The molecule has 2 aromatic rings. The first-order chi connectivity index (χ1) is 11.1. The second kappa shape index (κ2) is 6.74. The number of amides is 2. The predicted octanol–water partition coefficient (Wildman–Crippen LogP) is 3.74. The third-order valence-electron chi connectivity index (χ3n) is 4.70. The first-order valence-electron chi connectivity index (χ1n) is 8.16. The highest BCUT2D eigenvalue weighted by Crippen LogP contribution is 2.34. The van der Waals surface area contributed by atoms with Gasteiger partial charge < -0.3 is 10.2 Å². The van der Waals surface area contributed by atoms with Crippen LogP contribution in [0.2, 0.25) is 0 Å². The molecule has 2 unspecified atom stereocenters. The number of hydrogen-bond acceptors (Lipinski definition) is 3. The molecular weight excluding hydrogens is 308 g/mol. The first kappa shape index (κ1) is 16.1. The number of aromatic amines is 1. The van der Waals surface area contributed by atoms with E-state index in [-0.39, 0.29) is 12.1 Å². The summed E-state index contributed by atoms with van der Waals surface area (Å²) in [5.41, 5.74) is 4.54. The van der Waals surface area contributed by atoms with Crippen LogP contribution in [-0.4, -0.2) is 34.2 Å². The van der Waals surface area contributed by atoms with Crippen molar-refractivity contribution in [3.05, 3.63) is 39.3 Å². The van der Waals surface area contributed by atoms with Gasteiger partial charge in [0.05, 0.1) is 11.7 Å². The van der Waals surface area contributed by atoms with Gasteiger partial charge in [-0.2, -0.15) is 16.4 Å². The normalized spacial score (nSPS) is 19.1. The third kappa shape index (κ3) is 3.27. The molecule has 3 heterocycles. The highest BCUT2D eigenvalue weighted by atomic mass is 32.1. The first-order valence-corrected chi connectivity index (χ1v) is 9.10. The van der Waals surface area contributed by atoms with E-state index >= 15 is 0 Å². The van der Waals surface area contributed by atoms with Crippen LogP contribution in [0.1, 0.15) is 54.2 Å². The number of aryl methyl sites for hydroxylation is 2. The molecule has 2 aromatic heterocycles. The molecule has 0 spiro atoms. The van der Waals surface area contributed by atoms with E-state index < -0.39 is 0 Å². The maximum Gasteiger partial charge on any atom is 0.317 e. The molecule has 3 rings (SSSR count). The predicted molar refractivity (Wildman–Crippen MR) is 92.9 cm³/mol. The van der Waals surface area contributed by atoms with Crippen LogP contribution in [0.5, 0.6) is 0 Å². The van der Waals surface area contributed by atoms with E-state index in [1.54, 1.807) is 11.3 Å². The van der Waals surface area contributed by atoms with Crippen molar-refractivity contribution in [2.75, 3.05) is 13.1 Å². The van der Waals surface area contributed by atoms with Gasteiger partial charge in [-0.3, -0.25) is 5.10 Å². The summed E-state index contributed by atoms with van der Waals surface area (Å²) in [5.74, 6) is 0.337. The molecule has 6 heteroatoms. The maximum atomic E-state index is 12.6. The Bertz CT molecular complexity index is 645. The lowest BCUT2D eigenvalue weighted by molar-refractivity contribution is 0.192. The standard InChI is InChI=1S/C17H24N4OS/c1-11(14-6-8-23-10-14)9-18-17(22)21-7-4-5-15(21)16-12(2)19-20-13(16)3/h6,8,10-11,15H,4-5,7,9H2,1-3H3,(H,18,22)(H,19,20). The summed E-state index contributed by atoms with van der Waals surface area (Å²) in [5, 5.41) is 14.6. The van der Waals surface area contributed by atoms with Crippen molar-refractivity contribution in [3.63, 3.8) is 0 Å². The van der Waals surface area contributed by atoms with E-state index in [4.69, 9.17) is 0 Å². The molecule has 0 aliphatic carbocycles. The van der Waals surface area contributed by atoms with E-state index in [0.717, 1.165) is 30.8 Å². The highest BCUT2D eigenvalue weighted by molar-refractivity contribution is 7.07. The summed E-state index contributed by atoms with van der Waals surface area (Å²) in [4.78, 5) is 14.6. The van der Waals surface area contributed by atoms with Crippen LogP contribution < -0.4 is 5.32 Å². The summed E-state index contributed by atoms with van der Waals surface area (Å²) in [6.45, 7) is 7.66. The number of carbonyl (C=O) groups excluding carboxylic acids is 1. The molecule has 23 heavy (non-hydrogen) atoms. The number of nitrogens with one attached hydrogen (secondary N) is 2. The number of likely N-dealkylation sites (tertiary alicyclic amines) is 1. The zero-order valence-corrected chi connectivity index (χ0v) is 14.7. The van der Waals surface area contributed by atoms with Crippen molar-refractivity contribution in [3.8, 4) is 0 Å². The minimum atomic E-state index is 0.0366. The fourth-order valence-corrected chi connectivity index (χ4v) is 4.16. The van der Waals surface area contributed by atoms with Gasteiger partial charge >= 0.3 is 6.03 Å². The lowest BCUT2D eigenvalue weighted by atomic mass is 10.0. The molecule has 1 saturated heterocycles. The fourth-order valence-electron chi connectivity index (χ4n) is 3.38. The average molecular weight is 332 g/mol. The van der Waals surface area contributed by atoms with Crippen LogP contribution >= 0.6 is 11.3 Å². The minimum absolute atomic E-state index is 0.0366. The zero-order valence-electron chi connectivity index (χ0n) is 13.9. The molecular formula is C17H24N4OS. The van der Waals surface area contributed by atoms with E-state index in [1.807, 2.05) is 18.7 Å². The Morgan fingerprint density at radius 3 is 3.04 bits per heavy atom. The van der Waals surface area contributed by atoms with Crippen LogP contribution in [0.15, 0.2) is 16.8 Å². The minimum Gasteiger partial charge on any atom is -0.337 e. The summed E-state index contributed by atoms with van der Waals surface area (Å²) < 4.78 is 0. The molecule has 2 N–H and O–H groups in total. The molecule has 0 bridgehead atoms. The second-order valence-electron chi connectivity index (χ2n) is 6.34. The van der Waals surface area contributed by atoms with Gasteiger partial charge in [0.1, 0.15) is 0 Å². The fraction of sp³-hybridized carbons (Fsp3) is 0.529. The van der Waals surface area contributed by atoms with Gasteiger partial charge in [0.15, 0.2) is 0 Å².